The third-order valence-corrected chi connectivity index (χ3v) is 4.69. The molecule has 0 aliphatic rings. The van der Waals surface area contributed by atoms with E-state index in [2.05, 4.69) is 36.7 Å². The zero-order valence-electron chi connectivity index (χ0n) is 16.1. The summed E-state index contributed by atoms with van der Waals surface area (Å²) in [6.07, 6.45) is 0. The maximum absolute atomic E-state index is 12.3. The highest BCUT2D eigenvalue weighted by molar-refractivity contribution is 9.10. The van der Waals surface area contributed by atoms with Crippen molar-refractivity contribution in [1.82, 2.24) is 15.4 Å². The molecule has 2 aromatic carbocycles. The number of amides is 2. The summed E-state index contributed by atoms with van der Waals surface area (Å²) in [5, 5.41) is 12.8. The Morgan fingerprint density at radius 3 is 2.53 bits per heavy atom. The van der Waals surface area contributed by atoms with Gasteiger partial charge in [-0.25, -0.2) is 0 Å². The highest BCUT2D eigenvalue weighted by Gasteiger charge is 2.20. The molecule has 0 fully saturated rings. The molecule has 0 atom stereocenters. The molecule has 3 rings (SSSR count). The van der Waals surface area contributed by atoms with Gasteiger partial charge in [0.05, 0.1) is 19.9 Å². The van der Waals surface area contributed by atoms with Crippen LogP contribution in [0.4, 0.5) is 5.69 Å². The van der Waals surface area contributed by atoms with Crippen molar-refractivity contribution >= 4 is 33.4 Å². The molecule has 0 saturated heterocycles. The van der Waals surface area contributed by atoms with Crippen LogP contribution in [0.25, 0.3) is 11.3 Å². The molecule has 0 aliphatic heterocycles. The fourth-order valence-electron chi connectivity index (χ4n) is 2.66. The number of hydrogen-bond donors (Lipinski definition) is 3. The Labute approximate surface area is 179 Å². The first-order valence-electron chi connectivity index (χ1n) is 8.58. The molecule has 1 aromatic heterocycles. The minimum absolute atomic E-state index is 0.0115. The van der Waals surface area contributed by atoms with Crippen molar-refractivity contribution in [1.29, 1.82) is 0 Å². The normalized spacial score (nSPS) is 10.4. The van der Waals surface area contributed by atoms with Crippen LogP contribution >= 0.6 is 15.9 Å². The Balaban J connectivity index is 1.78. The zero-order chi connectivity index (χ0) is 21.7. The summed E-state index contributed by atoms with van der Waals surface area (Å²) in [5.74, 6) is 0.0738. The van der Waals surface area contributed by atoms with Crippen molar-refractivity contribution in [3.63, 3.8) is 0 Å². The Morgan fingerprint density at radius 1 is 1.10 bits per heavy atom. The summed E-state index contributed by atoms with van der Waals surface area (Å²) in [6, 6.07) is 10.2. The molecule has 1 heterocycles. The second kappa shape index (κ2) is 9.27. The molecule has 0 bridgehead atoms. The summed E-state index contributed by atoms with van der Waals surface area (Å²) in [5.41, 5.74) is 6.62. The number of anilines is 1. The van der Waals surface area contributed by atoms with Gasteiger partial charge in [-0.1, -0.05) is 12.1 Å². The number of methoxy groups -OCH3 is 2. The standard InChI is InChI=1S/C19H18BrN5O5/c1-28-13-6-4-3-5-12(13)22-16(26)9-30-15-8-11(20)10(7-14(15)29-2)17-18(19(21)27)24-25-23-17/h3-8H,9H2,1-2H3,(H2,21,27)(H,22,26)(H,23,24,25). The average Bonchev–Trinajstić information content (AvgIpc) is 3.22. The molecule has 0 unspecified atom stereocenters. The first kappa shape index (κ1) is 21.1. The highest BCUT2D eigenvalue weighted by atomic mass is 79.9. The van der Waals surface area contributed by atoms with Crippen LogP contribution < -0.4 is 25.3 Å². The van der Waals surface area contributed by atoms with Gasteiger partial charge in [0.25, 0.3) is 11.8 Å². The number of para-hydroxylation sites is 2. The van der Waals surface area contributed by atoms with E-state index in [9.17, 15) is 9.59 Å². The van der Waals surface area contributed by atoms with Crippen LogP contribution in [0.2, 0.25) is 0 Å². The maximum atomic E-state index is 12.3. The molecule has 11 heteroatoms. The van der Waals surface area contributed by atoms with Crippen LogP contribution in [-0.2, 0) is 4.79 Å². The van der Waals surface area contributed by atoms with Gasteiger partial charge < -0.3 is 25.3 Å². The smallest absolute Gasteiger partial charge is 0.271 e. The van der Waals surface area contributed by atoms with E-state index in [-0.39, 0.29) is 23.9 Å². The Morgan fingerprint density at radius 2 is 1.83 bits per heavy atom. The van der Waals surface area contributed by atoms with Crippen molar-refractivity contribution in [2.45, 2.75) is 0 Å². The summed E-state index contributed by atoms with van der Waals surface area (Å²) >= 11 is 3.41. The number of halogens is 1. The lowest BCUT2D eigenvalue weighted by Gasteiger charge is -2.14. The zero-order valence-corrected chi connectivity index (χ0v) is 17.6. The number of carbonyl (C=O) groups excluding carboxylic acids is 2. The number of ether oxygens (including phenoxy) is 3. The van der Waals surface area contributed by atoms with Crippen molar-refractivity contribution in [3.8, 4) is 28.5 Å². The number of rotatable bonds is 8. The van der Waals surface area contributed by atoms with Gasteiger partial charge in [0, 0.05) is 10.0 Å². The number of nitrogens with one attached hydrogen (secondary N) is 2. The molecular weight excluding hydrogens is 458 g/mol. The van der Waals surface area contributed by atoms with E-state index in [0.717, 1.165) is 0 Å². The van der Waals surface area contributed by atoms with Gasteiger partial charge in [-0.15, -0.1) is 0 Å². The maximum Gasteiger partial charge on any atom is 0.271 e. The first-order chi connectivity index (χ1) is 14.4. The number of hydrogen-bond acceptors (Lipinski definition) is 7. The third-order valence-electron chi connectivity index (χ3n) is 4.03. The van der Waals surface area contributed by atoms with E-state index < -0.39 is 5.91 Å². The predicted octanol–water partition coefficient (Wildman–Crippen LogP) is 2.37. The Bertz CT molecular complexity index is 1080. The van der Waals surface area contributed by atoms with Crippen LogP contribution in [-0.4, -0.2) is 48.1 Å². The molecule has 30 heavy (non-hydrogen) atoms. The van der Waals surface area contributed by atoms with Gasteiger partial charge >= 0.3 is 0 Å². The number of nitrogens with two attached hydrogens (primary N) is 1. The molecule has 10 nitrogen and oxygen atoms in total. The van der Waals surface area contributed by atoms with Crippen LogP contribution in [0.15, 0.2) is 40.9 Å². The van der Waals surface area contributed by atoms with Crippen molar-refractivity contribution < 1.29 is 23.8 Å². The van der Waals surface area contributed by atoms with Crippen LogP contribution in [0.5, 0.6) is 17.2 Å². The summed E-state index contributed by atoms with van der Waals surface area (Å²) in [4.78, 5) is 23.8. The predicted molar refractivity (Wildman–Crippen MR) is 112 cm³/mol. The Hall–Kier alpha value is -3.60. The van der Waals surface area contributed by atoms with Crippen LogP contribution in [0.3, 0.4) is 0 Å². The molecule has 0 saturated carbocycles. The molecule has 0 spiro atoms. The number of aromatic amines is 1. The Kier molecular flexibility index (Phi) is 6.52. The lowest BCUT2D eigenvalue weighted by atomic mass is 10.1. The number of nitrogens with zero attached hydrogens (tertiary/aromatic N) is 2. The molecule has 3 aromatic rings. The van der Waals surface area contributed by atoms with Gasteiger partial charge in [0.15, 0.2) is 23.8 Å². The van der Waals surface area contributed by atoms with Crippen LogP contribution in [0, 0.1) is 0 Å². The molecule has 156 valence electrons. The van der Waals surface area contributed by atoms with Crippen molar-refractivity contribution in [2.75, 3.05) is 26.1 Å². The van der Waals surface area contributed by atoms with Gasteiger partial charge in [-0.05, 0) is 40.2 Å². The van der Waals surface area contributed by atoms with E-state index in [4.69, 9.17) is 19.9 Å². The molecule has 0 aliphatic carbocycles. The minimum atomic E-state index is -0.724. The summed E-state index contributed by atoms with van der Waals surface area (Å²) in [6.45, 7) is -0.267. The molecule has 0 radical (unpaired) electrons. The van der Waals surface area contributed by atoms with Crippen LogP contribution in [0.1, 0.15) is 10.5 Å². The lowest BCUT2D eigenvalue weighted by Crippen LogP contribution is -2.20. The quantitative estimate of drug-likeness (QED) is 0.453. The number of benzene rings is 2. The van der Waals surface area contributed by atoms with E-state index in [0.29, 0.717) is 33.0 Å². The topological polar surface area (TPSA) is 141 Å². The fraction of sp³-hybridized carbons (Fsp3) is 0.158. The van der Waals surface area contributed by atoms with E-state index in [1.165, 1.54) is 14.2 Å². The van der Waals surface area contributed by atoms with Gasteiger partial charge in [-0.2, -0.15) is 15.4 Å². The number of aromatic nitrogens is 3. The van der Waals surface area contributed by atoms with Crippen molar-refractivity contribution in [2.24, 2.45) is 5.73 Å². The number of carbonyl (C=O) groups is 2. The van der Waals surface area contributed by atoms with Gasteiger partial charge in [-0.3, -0.25) is 9.59 Å². The van der Waals surface area contributed by atoms with E-state index in [1.807, 2.05) is 0 Å². The first-order valence-corrected chi connectivity index (χ1v) is 9.38. The highest BCUT2D eigenvalue weighted by Crippen LogP contribution is 2.38. The average molecular weight is 476 g/mol. The number of H-pyrrole nitrogens is 1. The molecule has 4 N–H and O–H groups in total. The minimum Gasteiger partial charge on any atom is -0.495 e. The van der Waals surface area contributed by atoms with Crippen molar-refractivity contribution in [3.05, 3.63) is 46.6 Å². The summed E-state index contributed by atoms with van der Waals surface area (Å²) < 4.78 is 16.7. The molecule has 2 amide bonds. The van der Waals surface area contributed by atoms with E-state index >= 15 is 0 Å². The summed E-state index contributed by atoms with van der Waals surface area (Å²) in [7, 11) is 2.97. The van der Waals surface area contributed by atoms with Gasteiger partial charge in [0.1, 0.15) is 11.4 Å². The SMILES string of the molecule is COc1ccccc1NC(=O)COc1cc(Br)c(-c2n[nH]nc2C(N)=O)cc1OC. The largest absolute Gasteiger partial charge is 0.495 e. The number of primary amides is 1. The van der Waals surface area contributed by atoms with Gasteiger partial charge in [0.2, 0.25) is 0 Å². The lowest BCUT2D eigenvalue weighted by molar-refractivity contribution is -0.118. The molecular formula is C19H18BrN5O5. The fourth-order valence-corrected chi connectivity index (χ4v) is 3.17. The third kappa shape index (κ3) is 4.51. The second-order valence-corrected chi connectivity index (χ2v) is 6.76. The second-order valence-electron chi connectivity index (χ2n) is 5.91. The van der Waals surface area contributed by atoms with E-state index in [1.54, 1.807) is 36.4 Å². The monoisotopic (exact) mass is 475 g/mol.